The number of fused-ring (bicyclic) bond motifs is 1. The Kier molecular flexibility index (Phi) is 8.52. The monoisotopic (exact) mass is 566 g/mol. The summed E-state index contributed by atoms with van der Waals surface area (Å²) in [5, 5.41) is 13.8. The Morgan fingerprint density at radius 1 is 1.02 bits per heavy atom. The van der Waals surface area contributed by atoms with E-state index in [0.29, 0.717) is 22.5 Å². The summed E-state index contributed by atoms with van der Waals surface area (Å²) in [6.07, 6.45) is 10.6. The second-order valence-corrected chi connectivity index (χ2v) is 11.4. The van der Waals surface area contributed by atoms with Gasteiger partial charge in [-0.1, -0.05) is 0 Å². The van der Waals surface area contributed by atoms with E-state index in [1.54, 1.807) is 40.3 Å². The van der Waals surface area contributed by atoms with Crippen LogP contribution in [0.5, 0.6) is 0 Å². The third-order valence-electron chi connectivity index (χ3n) is 6.01. The molecule has 5 rings (SSSR count). The number of nitrogens with one attached hydrogen (secondary N) is 2. The van der Waals surface area contributed by atoms with E-state index in [0.717, 1.165) is 41.2 Å². The van der Waals surface area contributed by atoms with Gasteiger partial charge in [-0.2, -0.15) is 10.2 Å². The molecule has 0 aromatic carbocycles. The molecule has 0 atom stereocenters. The van der Waals surface area contributed by atoms with Crippen LogP contribution in [0.25, 0.3) is 15.3 Å². The molecule has 3 amide bonds. The van der Waals surface area contributed by atoms with Gasteiger partial charge < -0.3 is 20.3 Å². The zero-order valence-electron chi connectivity index (χ0n) is 23.5. The van der Waals surface area contributed by atoms with Crippen LogP contribution in [-0.4, -0.2) is 72.9 Å². The van der Waals surface area contributed by atoms with Crippen molar-refractivity contribution in [3.63, 3.8) is 0 Å². The SMILES string of the molecule is CC(C)(C)OC(=O)N1CCCC1.CNC(=O)c1cnc(C)c(NC(=O)c2cnn3cc(-c4cnn(C)c4)sc23)c1. The number of pyridine rings is 1. The Balaban J connectivity index is 0.000000259. The van der Waals surface area contributed by atoms with Crippen molar-refractivity contribution >= 4 is 39.8 Å². The lowest BCUT2D eigenvalue weighted by atomic mass is 10.2. The molecule has 1 aliphatic rings. The summed E-state index contributed by atoms with van der Waals surface area (Å²) in [6.45, 7) is 9.15. The molecule has 0 radical (unpaired) electrons. The summed E-state index contributed by atoms with van der Waals surface area (Å²) in [7, 11) is 3.39. The number of aromatic nitrogens is 5. The number of hydrogen-bond acceptors (Lipinski definition) is 8. The molecule has 2 N–H and O–H groups in total. The van der Waals surface area contributed by atoms with Crippen molar-refractivity contribution in [2.45, 2.75) is 46.1 Å². The van der Waals surface area contributed by atoms with Gasteiger partial charge in [0.1, 0.15) is 10.4 Å². The third kappa shape index (κ3) is 6.84. The van der Waals surface area contributed by atoms with Crippen molar-refractivity contribution in [2.75, 3.05) is 25.5 Å². The standard InChI is InChI=1S/C18H17N7O2S.C9H17NO2/c1-10-14(4-11(5-20-10)16(26)19-2)23-17(27)13-7-22-25-9-15(28-18(13)25)12-6-21-24(3)8-12;1-9(2,3)12-8(11)10-6-4-5-7-10/h4-9H,1-3H3,(H,19,26)(H,23,27);4-7H2,1-3H3. The molecular weight excluding hydrogens is 532 g/mol. The van der Waals surface area contributed by atoms with Gasteiger partial charge >= 0.3 is 6.09 Å². The number of hydrogen-bond donors (Lipinski definition) is 2. The lowest BCUT2D eigenvalue weighted by molar-refractivity contribution is 0.0295. The molecule has 4 aromatic rings. The Morgan fingerprint density at radius 2 is 1.75 bits per heavy atom. The maximum atomic E-state index is 12.8. The van der Waals surface area contributed by atoms with E-state index in [9.17, 15) is 14.4 Å². The number of rotatable bonds is 4. The Hall–Kier alpha value is -4.26. The van der Waals surface area contributed by atoms with Gasteiger partial charge in [-0.05, 0) is 46.6 Å². The summed E-state index contributed by atoms with van der Waals surface area (Å²) < 4.78 is 8.61. The molecule has 0 unspecified atom stereocenters. The Labute approximate surface area is 236 Å². The highest BCUT2D eigenvalue weighted by atomic mass is 32.1. The quantitative estimate of drug-likeness (QED) is 0.379. The first kappa shape index (κ1) is 28.7. The molecule has 5 heterocycles. The lowest BCUT2D eigenvalue weighted by Crippen LogP contribution is -2.34. The number of ether oxygens (including phenoxy) is 1. The van der Waals surface area contributed by atoms with E-state index in [1.165, 1.54) is 23.7 Å². The van der Waals surface area contributed by atoms with Gasteiger partial charge in [0.15, 0.2) is 0 Å². The third-order valence-corrected chi connectivity index (χ3v) is 7.17. The summed E-state index contributed by atoms with van der Waals surface area (Å²) in [4.78, 5) is 43.7. The predicted molar refractivity (Wildman–Crippen MR) is 153 cm³/mol. The van der Waals surface area contributed by atoms with Crippen LogP contribution in [0, 0.1) is 6.92 Å². The van der Waals surface area contributed by atoms with Gasteiger partial charge in [0, 0.05) is 51.3 Å². The minimum atomic E-state index is -0.361. The maximum Gasteiger partial charge on any atom is 0.410 e. The van der Waals surface area contributed by atoms with Crippen molar-refractivity contribution < 1.29 is 19.1 Å². The molecular formula is C27H34N8O4S. The summed E-state index contributed by atoms with van der Waals surface area (Å²) in [6, 6.07) is 1.61. The van der Waals surface area contributed by atoms with Crippen molar-refractivity contribution in [2.24, 2.45) is 7.05 Å². The van der Waals surface area contributed by atoms with Crippen LogP contribution in [0.3, 0.4) is 0 Å². The van der Waals surface area contributed by atoms with E-state index >= 15 is 0 Å². The van der Waals surface area contributed by atoms with Gasteiger partial charge in [-0.25, -0.2) is 9.31 Å². The van der Waals surface area contributed by atoms with Crippen molar-refractivity contribution in [3.05, 3.63) is 53.9 Å². The van der Waals surface area contributed by atoms with Crippen LogP contribution < -0.4 is 10.6 Å². The molecule has 0 saturated carbocycles. The molecule has 1 saturated heterocycles. The Morgan fingerprint density at radius 3 is 2.38 bits per heavy atom. The number of nitrogens with zero attached hydrogens (tertiary/aromatic N) is 6. The summed E-state index contributed by atoms with van der Waals surface area (Å²) >= 11 is 1.46. The first-order chi connectivity index (χ1) is 18.9. The zero-order valence-corrected chi connectivity index (χ0v) is 24.3. The average molecular weight is 567 g/mol. The van der Waals surface area contributed by atoms with Crippen molar-refractivity contribution in [1.82, 2.24) is 34.6 Å². The second kappa shape index (κ2) is 11.9. The fourth-order valence-electron chi connectivity index (χ4n) is 3.97. The Bertz CT molecular complexity index is 1520. The smallest absolute Gasteiger partial charge is 0.410 e. The first-order valence-electron chi connectivity index (χ1n) is 12.9. The van der Waals surface area contributed by atoms with E-state index in [1.807, 2.05) is 40.2 Å². The van der Waals surface area contributed by atoms with Crippen LogP contribution in [0.1, 0.15) is 60.0 Å². The molecule has 13 heteroatoms. The first-order valence-corrected chi connectivity index (χ1v) is 13.7. The van der Waals surface area contributed by atoms with Gasteiger partial charge in [0.05, 0.1) is 39.8 Å². The molecule has 4 aromatic heterocycles. The van der Waals surface area contributed by atoms with Crippen LogP contribution >= 0.6 is 11.3 Å². The van der Waals surface area contributed by atoms with E-state index < -0.39 is 0 Å². The largest absolute Gasteiger partial charge is 0.444 e. The van der Waals surface area contributed by atoms with E-state index in [2.05, 4.69) is 25.8 Å². The lowest BCUT2D eigenvalue weighted by Gasteiger charge is -2.23. The number of carbonyl (C=O) groups is 3. The zero-order chi connectivity index (χ0) is 29.0. The minimum Gasteiger partial charge on any atom is -0.444 e. The van der Waals surface area contributed by atoms with Crippen LogP contribution in [0.4, 0.5) is 10.5 Å². The number of amides is 3. The topological polar surface area (TPSA) is 136 Å². The van der Waals surface area contributed by atoms with Gasteiger partial charge in [0.2, 0.25) is 0 Å². The predicted octanol–water partition coefficient (Wildman–Crippen LogP) is 4.13. The highest BCUT2D eigenvalue weighted by molar-refractivity contribution is 7.21. The van der Waals surface area contributed by atoms with Crippen LogP contribution in [0.2, 0.25) is 0 Å². The molecule has 1 fully saturated rings. The molecule has 1 aliphatic heterocycles. The van der Waals surface area contributed by atoms with Crippen LogP contribution in [-0.2, 0) is 11.8 Å². The van der Waals surface area contributed by atoms with E-state index in [4.69, 9.17) is 4.74 Å². The summed E-state index contributed by atoms with van der Waals surface area (Å²) in [5.41, 5.74) is 2.52. The van der Waals surface area contributed by atoms with Gasteiger partial charge in [0.25, 0.3) is 11.8 Å². The molecule has 0 bridgehead atoms. The average Bonchev–Trinajstić information content (AvgIpc) is 3.68. The maximum absolute atomic E-state index is 12.8. The number of aryl methyl sites for hydroxylation is 2. The number of thiazole rings is 1. The minimum absolute atomic E-state index is 0.167. The van der Waals surface area contributed by atoms with Crippen molar-refractivity contribution in [3.8, 4) is 10.4 Å². The van der Waals surface area contributed by atoms with Crippen molar-refractivity contribution in [1.29, 1.82) is 0 Å². The second-order valence-electron chi connectivity index (χ2n) is 10.4. The molecule has 212 valence electrons. The number of likely N-dealkylation sites (tertiary alicyclic amines) is 1. The summed E-state index contributed by atoms with van der Waals surface area (Å²) in [5.74, 6) is -0.580. The van der Waals surface area contributed by atoms with E-state index in [-0.39, 0.29) is 23.5 Å². The molecule has 0 aliphatic carbocycles. The molecule has 12 nitrogen and oxygen atoms in total. The molecule has 0 spiro atoms. The highest BCUT2D eigenvalue weighted by Crippen LogP contribution is 2.30. The van der Waals surface area contributed by atoms with Crippen LogP contribution in [0.15, 0.2) is 37.1 Å². The fraction of sp³-hybridized carbons (Fsp3) is 0.407. The molecule has 40 heavy (non-hydrogen) atoms. The van der Waals surface area contributed by atoms with Gasteiger partial charge in [-0.3, -0.25) is 19.3 Å². The highest BCUT2D eigenvalue weighted by Gasteiger charge is 2.24. The van der Waals surface area contributed by atoms with Gasteiger partial charge in [-0.15, -0.1) is 11.3 Å². The normalized spacial score (nSPS) is 13.1. The number of anilines is 1. The number of carbonyl (C=O) groups excluding carboxylic acids is 3. The fourth-order valence-corrected chi connectivity index (χ4v) is 5.00.